The molecule has 2 atom stereocenters. The highest BCUT2D eigenvalue weighted by Gasteiger charge is 2.24. The van der Waals surface area contributed by atoms with Crippen molar-refractivity contribution in [3.05, 3.63) is 226 Å². The normalized spacial score (nSPS) is 16.8. The summed E-state index contributed by atoms with van der Waals surface area (Å²) in [6.07, 6.45) is 21.3. The third kappa shape index (κ3) is 9.31. The minimum absolute atomic E-state index is 0.00170. The minimum Gasteiger partial charge on any atom is -0.332 e. The molecule has 9 rings (SSSR count). The van der Waals surface area contributed by atoms with Gasteiger partial charge in [-0.3, -0.25) is 4.99 Å². The maximum absolute atomic E-state index is 5.45. The number of anilines is 1. The van der Waals surface area contributed by atoms with Crippen molar-refractivity contribution in [3.8, 4) is 33.4 Å². The topological polar surface area (TPSA) is 28.0 Å². The predicted octanol–water partition coefficient (Wildman–Crippen LogP) is 16.0. The van der Waals surface area contributed by atoms with E-state index in [0.717, 1.165) is 67.9 Å². The van der Waals surface area contributed by atoms with Gasteiger partial charge in [0.15, 0.2) is 5.84 Å². The summed E-state index contributed by atoms with van der Waals surface area (Å²) in [6.45, 7) is 11.1. The first-order chi connectivity index (χ1) is 32.3. The average molecular weight is 862 g/mol. The summed E-state index contributed by atoms with van der Waals surface area (Å²) in [5, 5.41) is 0. The van der Waals surface area contributed by atoms with Crippen LogP contribution in [0.1, 0.15) is 93.7 Å². The molecule has 6 aromatic carbocycles. The lowest BCUT2D eigenvalue weighted by Gasteiger charge is -2.26. The van der Waals surface area contributed by atoms with E-state index in [1.165, 1.54) is 83.5 Å². The molecule has 0 heterocycles. The highest BCUT2D eigenvalue weighted by atomic mass is 15.2. The molecule has 0 bridgehead atoms. The smallest absolute Gasteiger partial charge is 0.156 e. The van der Waals surface area contributed by atoms with Crippen molar-refractivity contribution in [1.29, 1.82) is 0 Å². The second kappa shape index (κ2) is 20.1. The lowest BCUT2D eigenvalue weighted by atomic mass is 9.90. The standard InChI is InChI=1S/C63H63N3/c1-7-21-47-22-12-13-23-48(47)37-38-49-28-19-35-60(54-30-18-29-53(41-54)59-34-20-31-55-42-52-27-15-17-33-58(52)61(55)59)62(49)66(6)45(5)65-63(50-24-10-9-11-25-50)64-44(4)43(3)36-39-57-46(8-2)40-51-26-14-16-32-56(51)57/h9-11,13-21,23-37,39,41,43-44H,7-8,12,22,38,40,42H2,1-6H3/b39-36-,47-21-,48-37-,64-63?,65-45?. The zero-order valence-electron chi connectivity index (χ0n) is 39.7. The molecular weight excluding hydrogens is 799 g/mol. The number of para-hydroxylation sites is 1. The van der Waals surface area contributed by atoms with Gasteiger partial charge in [0.05, 0.1) is 11.7 Å². The summed E-state index contributed by atoms with van der Waals surface area (Å²) >= 11 is 0. The number of benzene rings is 6. The highest BCUT2D eigenvalue weighted by molar-refractivity contribution is 6.11. The van der Waals surface area contributed by atoms with Crippen molar-refractivity contribution in [2.75, 3.05) is 11.9 Å². The first-order valence-corrected chi connectivity index (χ1v) is 24.2. The van der Waals surface area contributed by atoms with E-state index in [4.69, 9.17) is 9.98 Å². The lowest BCUT2D eigenvalue weighted by Crippen LogP contribution is -2.27. The van der Waals surface area contributed by atoms with Gasteiger partial charge in [-0.2, -0.15) is 0 Å². The van der Waals surface area contributed by atoms with Crippen LogP contribution in [-0.2, 0) is 19.3 Å². The van der Waals surface area contributed by atoms with E-state index in [2.05, 4.69) is 223 Å². The van der Waals surface area contributed by atoms with E-state index in [-0.39, 0.29) is 12.0 Å². The molecule has 0 amide bonds. The average Bonchev–Trinajstić information content (AvgIpc) is 3.93. The first kappa shape index (κ1) is 44.4. The Kier molecular flexibility index (Phi) is 13.5. The summed E-state index contributed by atoms with van der Waals surface area (Å²) < 4.78 is 0. The van der Waals surface area contributed by atoms with Crippen LogP contribution < -0.4 is 4.90 Å². The van der Waals surface area contributed by atoms with E-state index < -0.39 is 0 Å². The van der Waals surface area contributed by atoms with Crippen LogP contribution in [0.25, 0.3) is 39.0 Å². The fraction of sp³-hybridized carbons (Fsp3) is 0.238. The Labute approximate surface area is 394 Å². The van der Waals surface area contributed by atoms with Gasteiger partial charge in [0, 0.05) is 18.2 Å². The van der Waals surface area contributed by atoms with Gasteiger partial charge in [-0.05, 0) is 143 Å². The van der Waals surface area contributed by atoms with Crippen LogP contribution in [0.15, 0.2) is 203 Å². The Balaban J connectivity index is 1.10. The lowest BCUT2D eigenvalue weighted by molar-refractivity contribution is 0.584. The Morgan fingerprint density at radius 3 is 2.15 bits per heavy atom. The van der Waals surface area contributed by atoms with E-state index in [0.29, 0.717) is 0 Å². The molecular formula is C63H63N3. The molecule has 3 aliphatic carbocycles. The number of aliphatic imine (C=N–C) groups is 2. The quantitative estimate of drug-likeness (QED) is 0.0888. The van der Waals surface area contributed by atoms with Crippen LogP contribution in [0.4, 0.5) is 5.69 Å². The fourth-order valence-corrected chi connectivity index (χ4v) is 10.1. The number of allylic oxidation sites excluding steroid dienone is 9. The molecule has 66 heavy (non-hydrogen) atoms. The van der Waals surface area contributed by atoms with E-state index in [1.54, 1.807) is 0 Å². The minimum atomic E-state index is -0.00170. The Hall–Kier alpha value is -6.84. The number of hydrogen-bond donors (Lipinski definition) is 0. The Morgan fingerprint density at radius 1 is 0.697 bits per heavy atom. The second-order valence-corrected chi connectivity index (χ2v) is 18.2. The van der Waals surface area contributed by atoms with Gasteiger partial charge < -0.3 is 4.90 Å². The van der Waals surface area contributed by atoms with Crippen molar-refractivity contribution in [1.82, 2.24) is 0 Å². The number of hydrogen-bond acceptors (Lipinski definition) is 1. The molecule has 3 nitrogen and oxygen atoms in total. The maximum Gasteiger partial charge on any atom is 0.156 e. The van der Waals surface area contributed by atoms with Crippen molar-refractivity contribution in [3.63, 3.8) is 0 Å². The van der Waals surface area contributed by atoms with Crippen LogP contribution in [-0.4, -0.2) is 24.8 Å². The zero-order chi connectivity index (χ0) is 45.6. The largest absolute Gasteiger partial charge is 0.332 e. The maximum atomic E-state index is 5.45. The fourth-order valence-electron chi connectivity index (χ4n) is 10.1. The van der Waals surface area contributed by atoms with Crippen LogP contribution in [0, 0.1) is 5.92 Å². The van der Waals surface area contributed by atoms with Crippen LogP contribution >= 0.6 is 0 Å². The van der Waals surface area contributed by atoms with Gasteiger partial charge in [0.1, 0.15) is 5.84 Å². The van der Waals surface area contributed by atoms with Crippen LogP contribution in [0.3, 0.4) is 0 Å². The third-order valence-electron chi connectivity index (χ3n) is 14.0. The third-order valence-corrected chi connectivity index (χ3v) is 14.0. The van der Waals surface area contributed by atoms with Gasteiger partial charge >= 0.3 is 0 Å². The summed E-state index contributed by atoms with van der Waals surface area (Å²) in [7, 11) is 2.18. The second-order valence-electron chi connectivity index (χ2n) is 18.2. The van der Waals surface area contributed by atoms with Crippen molar-refractivity contribution in [2.45, 2.75) is 85.6 Å². The molecule has 0 aliphatic heterocycles. The number of rotatable bonds is 12. The first-order valence-electron chi connectivity index (χ1n) is 24.2. The molecule has 0 radical (unpaired) electrons. The van der Waals surface area contributed by atoms with Crippen molar-refractivity contribution in [2.24, 2.45) is 15.9 Å². The number of amidine groups is 2. The van der Waals surface area contributed by atoms with Gasteiger partial charge in [-0.25, -0.2) is 4.99 Å². The molecule has 0 saturated heterocycles. The van der Waals surface area contributed by atoms with Gasteiger partial charge in [0.2, 0.25) is 0 Å². The summed E-state index contributed by atoms with van der Waals surface area (Å²) in [6, 6.07) is 51.0. The van der Waals surface area contributed by atoms with Crippen LogP contribution in [0.5, 0.6) is 0 Å². The van der Waals surface area contributed by atoms with Crippen molar-refractivity contribution < 1.29 is 0 Å². The molecule has 0 N–H and O–H groups in total. The molecule has 330 valence electrons. The Morgan fingerprint density at radius 2 is 1.36 bits per heavy atom. The van der Waals surface area contributed by atoms with Gasteiger partial charge in [-0.15, -0.1) is 0 Å². The van der Waals surface area contributed by atoms with E-state index in [1.807, 2.05) is 0 Å². The summed E-state index contributed by atoms with van der Waals surface area (Å²) in [5.74, 6) is 1.82. The molecule has 0 saturated carbocycles. The van der Waals surface area contributed by atoms with Gasteiger partial charge in [0.25, 0.3) is 0 Å². The number of fused-ring (bicyclic) bond motifs is 4. The number of nitrogens with zero attached hydrogens (tertiary/aromatic N) is 3. The molecule has 3 aliphatic rings. The van der Waals surface area contributed by atoms with E-state index in [9.17, 15) is 0 Å². The molecule has 0 spiro atoms. The monoisotopic (exact) mass is 862 g/mol. The van der Waals surface area contributed by atoms with Gasteiger partial charge in [-0.1, -0.05) is 196 Å². The zero-order valence-corrected chi connectivity index (χ0v) is 39.7. The highest BCUT2D eigenvalue weighted by Crippen LogP contribution is 2.44. The van der Waals surface area contributed by atoms with E-state index >= 15 is 0 Å². The molecule has 6 aromatic rings. The van der Waals surface area contributed by atoms with Crippen LogP contribution in [0.2, 0.25) is 0 Å². The summed E-state index contributed by atoms with van der Waals surface area (Å²) in [5.41, 5.74) is 22.3. The predicted molar refractivity (Wildman–Crippen MR) is 284 cm³/mol. The molecule has 0 fully saturated rings. The molecule has 0 aromatic heterocycles. The molecule has 3 heteroatoms. The SMILES string of the molecule is CC/C=C1/CCC=C/C1=C/Cc1cccc(-c2cccc(-c3cccc4c3-c3ccccc3C4)c2)c1N(C)C(C)=NC(=NC(C)C(C)/C=C\C1=C(CC)Cc2ccccc21)c1ccccc1. The van der Waals surface area contributed by atoms with Crippen molar-refractivity contribution >= 4 is 22.9 Å². The summed E-state index contributed by atoms with van der Waals surface area (Å²) in [4.78, 5) is 13.2. The molecule has 2 unspecified atom stereocenters. The Bertz CT molecular complexity index is 2970.